The van der Waals surface area contributed by atoms with E-state index in [2.05, 4.69) is 6.07 Å². The monoisotopic (exact) mass is 175 g/mol. The maximum atomic E-state index is 8.55. The van der Waals surface area contributed by atoms with E-state index in [4.69, 9.17) is 11.0 Å². The second-order valence-electron chi connectivity index (χ2n) is 3.11. The number of hydrogen-bond acceptors (Lipinski definition) is 3. The molecule has 0 saturated carbocycles. The molecule has 0 unspecified atom stereocenters. The number of hydrogen-bond donors (Lipinski definition) is 1. The molecule has 1 aromatic rings. The Morgan fingerprint density at radius 1 is 1.46 bits per heavy atom. The first kappa shape index (κ1) is 9.40. The largest absolute Gasteiger partial charge is 0.398 e. The predicted molar refractivity (Wildman–Crippen MR) is 54.5 cm³/mol. The molecule has 0 atom stereocenters. The van der Waals surface area contributed by atoms with E-state index in [0.29, 0.717) is 12.1 Å². The van der Waals surface area contributed by atoms with E-state index < -0.39 is 0 Å². The number of nitrogens with zero attached hydrogens (tertiary/aromatic N) is 2. The summed E-state index contributed by atoms with van der Waals surface area (Å²) in [5.74, 6) is 0. The SMILES string of the molecule is CN(C)c1ccc(N)c(CC#N)c1. The van der Waals surface area contributed by atoms with Crippen LogP contribution in [0.1, 0.15) is 5.56 Å². The van der Waals surface area contributed by atoms with Crippen molar-refractivity contribution in [2.75, 3.05) is 24.7 Å². The predicted octanol–water partition coefficient (Wildman–Crippen LogP) is 1.40. The molecule has 13 heavy (non-hydrogen) atoms. The van der Waals surface area contributed by atoms with Crippen molar-refractivity contribution in [3.63, 3.8) is 0 Å². The van der Waals surface area contributed by atoms with Crippen LogP contribution in [0.25, 0.3) is 0 Å². The normalized spacial score (nSPS) is 9.31. The molecule has 0 aliphatic heterocycles. The molecule has 0 fully saturated rings. The summed E-state index contributed by atoms with van der Waals surface area (Å²) in [6, 6.07) is 7.81. The lowest BCUT2D eigenvalue weighted by molar-refractivity contribution is 1.12. The topological polar surface area (TPSA) is 53.0 Å². The minimum atomic E-state index is 0.369. The molecular formula is C10H13N3. The van der Waals surface area contributed by atoms with Gasteiger partial charge in [-0.2, -0.15) is 5.26 Å². The molecule has 0 heterocycles. The summed E-state index contributed by atoms with van der Waals surface area (Å²) in [6.07, 6.45) is 0.369. The lowest BCUT2D eigenvalue weighted by Crippen LogP contribution is -2.09. The quantitative estimate of drug-likeness (QED) is 0.691. The lowest BCUT2D eigenvalue weighted by atomic mass is 10.1. The zero-order valence-electron chi connectivity index (χ0n) is 7.91. The highest BCUT2D eigenvalue weighted by molar-refractivity contribution is 5.58. The number of benzene rings is 1. The number of nitrogen functional groups attached to an aromatic ring is 1. The van der Waals surface area contributed by atoms with Crippen LogP contribution in [0, 0.1) is 11.3 Å². The van der Waals surface area contributed by atoms with E-state index >= 15 is 0 Å². The van der Waals surface area contributed by atoms with Gasteiger partial charge < -0.3 is 10.6 Å². The summed E-state index contributed by atoms with van der Waals surface area (Å²) in [5.41, 5.74) is 8.36. The molecule has 1 rings (SSSR count). The minimum Gasteiger partial charge on any atom is -0.398 e. The molecule has 0 spiro atoms. The van der Waals surface area contributed by atoms with Gasteiger partial charge >= 0.3 is 0 Å². The van der Waals surface area contributed by atoms with Gasteiger partial charge in [0, 0.05) is 25.5 Å². The van der Waals surface area contributed by atoms with Crippen molar-refractivity contribution in [2.45, 2.75) is 6.42 Å². The Labute approximate surface area is 78.4 Å². The van der Waals surface area contributed by atoms with Gasteiger partial charge in [-0.25, -0.2) is 0 Å². The molecule has 68 valence electrons. The minimum absolute atomic E-state index is 0.369. The maximum Gasteiger partial charge on any atom is 0.0670 e. The van der Waals surface area contributed by atoms with Gasteiger partial charge in [0.15, 0.2) is 0 Å². The Morgan fingerprint density at radius 2 is 2.15 bits per heavy atom. The lowest BCUT2D eigenvalue weighted by Gasteiger charge is -2.14. The van der Waals surface area contributed by atoms with Crippen molar-refractivity contribution in [2.24, 2.45) is 0 Å². The Bertz CT molecular complexity index is 337. The number of nitrogens with two attached hydrogens (primary N) is 1. The summed E-state index contributed by atoms with van der Waals surface area (Å²) in [4.78, 5) is 1.99. The van der Waals surface area contributed by atoms with Crippen LogP contribution in [0.3, 0.4) is 0 Å². The van der Waals surface area contributed by atoms with Gasteiger partial charge in [0.1, 0.15) is 0 Å². The van der Waals surface area contributed by atoms with Crippen LogP contribution in [0.4, 0.5) is 11.4 Å². The van der Waals surface area contributed by atoms with Crippen molar-refractivity contribution in [3.8, 4) is 6.07 Å². The van der Waals surface area contributed by atoms with E-state index in [9.17, 15) is 0 Å². The second kappa shape index (κ2) is 3.81. The molecule has 3 nitrogen and oxygen atoms in total. The first-order chi connectivity index (χ1) is 6.15. The molecule has 0 radical (unpaired) electrons. The maximum absolute atomic E-state index is 8.55. The van der Waals surface area contributed by atoms with Crippen molar-refractivity contribution in [3.05, 3.63) is 23.8 Å². The smallest absolute Gasteiger partial charge is 0.0670 e. The third-order valence-corrected chi connectivity index (χ3v) is 1.91. The van der Waals surface area contributed by atoms with E-state index in [0.717, 1.165) is 11.3 Å². The molecule has 0 aliphatic rings. The van der Waals surface area contributed by atoms with E-state index in [1.54, 1.807) is 0 Å². The van der Waals surface area contributed by atoms with Gasteiger partial charge in [0.2, 0.25) is 0 Å². The summed E-state index contributed by atoms with van der Waals surface area (Å²) in [5, 5.41) is 8.55. The highest BCUT2D eigenvalue weighted by atomic mass is 15.1. The van der Waals surface area contributed by atoms with Crippen molar-refractivity contribution in [1.82, 2.24) is 0 Å². The second-order valence-corrected chi connectivity index (χ2v) is 3.11. The van der Waals surface area contributed by atoms with E-state index in [-0.39, 0.29) is 0 Å². The number of rotatable bonds is 2. The fourth-order valence-electron chi connectivity index (χ4n) is 1.11. The molecule has 0 aromatic heterocycles. The van der Waals surface area contributed by atoms with Crippen LogP contribution in [0.15, 0.2) is 18.2 Å². The Morgan fingerprint density at radius 3 is 2.69 bits per heavy atom. The first-order valence-electron chi connectivity index (χ1n) is 4.08. The van der Waals surface area contributed by atoms with Gasteiger partial charge in [-0.15, -0.1) is 0 Å². The standard InChI is InChI=1S/C10H13N3/c1-13(2)9-3-4-10(12)8(7-9)5-6-11/h3-4,7H,5,12H2,1-2H3. The highest BCUT2D eigenvalue weighted by Gasteiger charge is 2.01. The molecule has 0 saturated heterocycles. The van der Waals surface area contributed by atoms with Crippen LogP contribution in [-0.4, -0.2) is 14.1 Å². The van der Waals surface area contributed by atoms with Gasteiger partial charge in [-0.05, 0) is 23.8 Å². The number of anilines is 2. The fraction of sp³-hybridized carbons (Fsp3) is 0.300. The molecule has 1 aromatic carbocycles. The molecule has 0 aliphatic carbocycles. The molecule has 3 heteroatoms. The molecule has 0 bridgehead atoms. The summed E-state index contributed by atoms with van der Waals surface area (Å²) >= 11 is 0. The van der Waals surface area contributed by atoms with Crippen molar-refractivity contribution in [1.29, 1.82) is 5.26 Å². The van der Waals surface area contributed by atoms with Crippen LogP contribution in [0.5, 0.6) is 0 Å². The van der Waals surface area contributed by atoms with E-state index in [1.165, 1.54) is 0 Å². The Kier molecular flexibility index (Phi) is 2.76. The number of nitriles is 1. The van der Waals surface area contributed by atoms with E-state index in [1.807, 2.05) is 37.2 Å². The van der Waals surface area contributed by atoms with Gasteiger partial charge in [-0.3, -0.25) is 0 Å². The zero-order chi connectivity index (χ0) is 9.84. The first-order valence-corrected chi connectivity index (χ1v) is 4.08. The highest BCUT2D eigenvalue weighted by Crippen LogP contribution is 2.19. The van der Waals surface area contributed by atoms with Gasteiger partial charge in [0.05, 0.1) is 12.5 Å². The molecular weight excluding hydrogens is 162 g/mol. The van der Waals surface area contributed by atoms with Crippen molar-refractivity contribution < 1.29 is 0 Å². The molecule has 0 amide bonds. The summed E-state index contributed by atoms with van der Waals surface area (Å²) < 4.78 is 0. The fourth-order valence-corrected chi connectivity index (χ4v) is 1.11. The Balaban J connectivity index is 3.05. The summed E-state index contributed by atoms with van der Waals surface area (Å²) in [6.45, 7) is 0. The average molecular weight is 175 g/mol. The van der Waals surface area contributed by atoms with Crippen LogP contribution in [0.2, 0.25) is 0 Å². The Hall–Kier alpha value is -1.69. The van der Waals surface area contributed by atoms with Gasteiger partial charge in [0.25, 0.3) is 0 Å². The summed E-state index contributed by atoms with van der Waals surface area (Å²) in [7, 11) is 3.92. The zero-order valence-corrected chi connectivity index (χ0v) is 7.91. The van der Waals surface area contributed by atoms with Gasteiger partial charge in [-0.1, -0.05) is 0 Å². The molecule has 2 N–H and O–H groups in total. The third-order valence-electron chi connectivity index (χ3n) is 1.91. The van der Waals surface area contributed by atoms with Crippen molar-refractivity contribution >= 4 is 11.4 Å². The van der Waals surface area contributed by atoms with Crippen LogP contribution in [-0.2, 0) is 6.42 Å². The average Bonchev–Trinajstić information content (AvgIpc) is 2.08. The van der Waals surface area contributed by atoms with Crippen LogP contribution < -0.4 is 10.6 Å². The third kappa shape index (κ3) is 2.12. The van der Waals surface area contributed by atoms with Crippen LogP contribution >= 0.6 is 0 Å².